The van der Waals surface area contributed by atoms with Gasteiger partial charge in [0.05, 0.1) is 31.5 Å². The van der Waals surface area contributed by atoms with E-state index in [9.17, 15) is 18.0 Å². The third kappa shape index (κ3) is 5.64. The molecular formula is C20H27N5O6S. The van der Waals surface area contributed by atoms with E-state index in [0.29, 0.717) is 30.8 Å². The molecule has 1 fully saturated rings. The lowest BCUT2D eigenvalue weighted by Crippen LogP contribution is -2.47. The Morgan fingerprint density at radius 3 is 2.75 bits per heavy atom. The van der Waals surface area contributed by atoms with Gasteiger partial charge in [0, 0.05) is 32.0 Å². The van der Waals surface area contributed by atoms with Gasteiger partial charge in [-0.05, 0) is 37.1 Å². The quantitative estimate of drug-likeness (QED) is 0.389. The van der Waals surface area contributed by atoms with Crippen molar-refractivity contribution in [3.05, 3.63) is 42.5 Å². The van der Waals surface area contributed by atoms with Gasteiger partial charge >= 0.3 is 11.8 Å². The highest BCUT2D eigenvalue weighted by Gasteiger charge is 2.37. The van der Waals surface area contributed by atoms with Gasteiger partial charge in [-0.3, -0.25) is 9.59 Å². The van der Waals surface area contributed by atoms with Crippen molar-refractivity contribution in [1.29, 1.82) is 0 Å². The normalized spacial score (nSPS) is 16.6. The minimum absolute atomic E-state index is 0.105. The largest absolute Gasteiger partial charge is 0.496 e. The molecule has 2 heterocycles. The van der Waals surface area contributed by atoms with Gasteiger partial charge in [-0.25, -0.2) is 13.4 Å². The van der Waals surface area contributed by atoms with E-state index in [2.05, 4.69) is 15.6 Å². The lowest BCUT2D eigenvalue weighted by molar-refractivity contribution is -0.139. The fraction of sp³-hybridized carbons (Fsp3) is 0.450. The Kier molecular flexibility index (Phi) is 7.83. The molecule has 2 N–H and O–H groups in total. The molecule has 3 rings (SSSR count). The lowest BCUT2D eigenvalue weighted by atomic mass is 10.2. The molecule has 1 aliphatic heterocycles. The van der Waals surface area contributed by atoms with Crippen molar-refractivity contribution in [3.63, 3.8) is 0 Å². The highest BCUT2D eigenvalue weighted by Crippen LogP contribution is 2.26. The van der Waals surface area contributed by atoms with E-state index in [1.54, 1.807) is 25.5 Å². The first-order valence-electron chi connectivity index (χ1n) is 10.1. The second kappa shape index (κ2) is 10.6. The average molecular weight is 466 g/mol. The Morgan fingerprint density at radius 1 is 1.28 bits per heavy atom. The SMILES string of the molecule is COc1ccc(S(=O)(=O)N2CCO[C@@H]2CNC(=O)C(=O)NCCCn2ccnc2)cc1C. The molecular weight excluding hydrogens is 438 g/mol. The van der Waals surface area contributed by atoms with Crippen molar-refractivity contribution < 1.29 is 27.5 Å². The number of methoxy groups -OCH3 is 1. The molecule has 1 aromatic carbocycles. The van der Waals surface area contributed by atoms with Crippen LogP contribution >= 0.6 is 0 Å². The van der Waals surface area contributed by atoms with Crippen molar-refractivity contribution in [2.45, 2.75) is 31.0 Å². The molecule has 0 unspecified atom stereocenters. The molecule has 0 saturated carbocycles. The number of benzene rings is 1. The minimum Gasteiger partial charge on any atom is -0.496 e. The molecule has 0 aliphatic carbocycles. The van der Waals surface area contributed by atoms with Crippen LogP contribution in [-0.2, 0) is 30.9 Å². The lowest BCUT2D eigenvalue weighted by Gasteiger charge is -2.23. The maximum absolute atomic E-state index is 13.1. The van der Waals surface area contributed by atoms with Gasteiger partial charge in [-0.15, -0.1) is 0 Å². The number of imidazole rings is 1. The Labute approximate surface area is 186 Å². The topological polar surface area (TPSA) is 132 Å². The fourth-order valence-electron chi connectivity index (χ4n) is 3.31. The van der Waals surface area contributed by atoms with Crippen LogP contribution in [0.5, 0.6) is 5.75 Å². The number of rotatable bonds is 9. The summed E-state index contributed by atoms with van der Waals surface area (Å²) in [5, 5.41) is 4.98. The summed E-state index contributed by atoms with van der Waals surface area (Å²) in [4.78, 5) is 28.1. The first-order chi connectivity index (χ1) is 15.3. The molecule has 174 valence electrons. The number of nitrogens with zero attached hydrogens (tertiary/aromatic N) is 3. The number of hydrogen-bond acceptors (Lipinski definition) is 7. The van der Waals surface area contributed by atoms with E-state index in [0.717, 1.165) is 0 Å². The van der Waals surface area contributed by atoms with E-state index >= 15 is 0 Å². The summed E-state index contributed by atoms with van der Waals surface area (Å²) in [6.45, 7) is 2.93. The van der Waals surface area contributed by atoms with Gasteiger partial charge in [0.25, 0.3) is 0 Å². The second-order valence-corrected chi connectivity index (χ2v) is 9.08. The zero-order valence-electron chi connectivity index (χ0n) is 18.0. The summed E-state index contributed by atoms with van der Waals surface area (Å²) in [7, 11) is -2.34. The minimum atomic E-state index is -3.85. The standard InChI is InChI=1S/C20H27N5O6S/c1-15-12-16(4-5-17(15)30-2)32(28,29)25-10-11-31-18(25)13-23-20(27)19(26)22-6-3-8-24-9-7-21-14-24/h4-5,7,9,12,14,18H,3,6,8,10-11,13H2,1-2H3,(H,22,26)(H,23,27)/t18-/m1/s1. The Bertz CT molecular complexity index is 1040. The number of hydrogen-bond donors (Lipinski definition) is 2. The summed E-state index contributed by atoms with van der Waals surface area (Å²) >= 11 is 0. The smallest absolute Gasteiger partial charge is 0.309 e. The average Bonchev–Trinajstić information content (AvgIpc) is 3.47. The van der Waals surface area contributed by atoms with Crippen LogP contribution < -0.4 is 15.4 Å². The molecule has 0 radical (unpaired) electrons. The highest BCUT2D eigenvalue weighted by atomic mass is 32.2. The van der Waals surface area contributed by atoms with Gasteiger partial charge < -0.3 is 24.7 Å². The first-order valence-corrected chi connectivity index (χ1v) is 11.6. The van der Waals surface area contributed by atoms with Crippen LogP contribution in [0.3, 0.4) is 0 Å². The third-order valence-electron chi connectivity index (χ3n) is 5.00. The van der Waals surface area contributed by atoms with Crippen molar-refractivity contribution in [3.8, 4) is 5.75 Å². The van der Waals surface area contributed by atoms with Gasteiger partial charge in [-0.2, -0.15) is 4.31 Å². The van der Waals surface area contributed by atoms with Gasteiger partial charge in [-0.1, -0.05) is 0 Å². The van der Waals surface area contributed by atoms with Crippen LogP contribution in [0.25, 0.3) is 0 Å². The molecule has 11 nitrogen and oxygen atoms in total. The Morgan fingerprint density at radius 2 is 2.06 bits per heavy atom. The molecule has 12 heteroatoms. The Balaban J connectivity index is 1.51. The van der Waals surface area contributed by atoms with Gasteiger partial charge in [0.2, 0.25) is 10.0 Å². The summed E-state index contributed by atoms with van der Waals surface area (Å²) in [5.41, 5.74) is 0.684. The van der Waals surface area contributed by atoms with Crippen LogP contribution in [0.4, 0.5) is 0 Å². The number of aryl methyl sites for hydroxylation is 2. The molecule has 32 heavy (non-hydrogen) atoms. The molecule has 1 aliphatic rings. The van der Waals surface area contributed by atoms with Crippen LogP contribution in [-0.4, -0.2) is 73.7 Å². The molecule has 0 bridgehead atoms. The van der Waals surface area contributed by atoms with E-state index in [-0.39, 0.29) is 24.6 Å². The molecule has 1 aromatic heterocycles. The van der Waals surface area contributed by atoms with Gasteiger partial charge in [0.15, 0.2) is 0 Å². The monoisotopic (exact) mass is 465 g/mol. The van der Waals surface area contributed by atoms with Crippen molar-refractivity contribution in [2.24, 2.45) is 0 Å². The Hall–Kier alpha value is -2.96. The first kappa shape index (κ1) is 23.7. The predicted molar refractivity (Wildman–Crippen MR) is 114 cm³/mol. The summed E-state index contributed by atoms with van der Waals surface area (Å²) in [6.07, 6.45) is 4.87. The van der Waals surface area contributed by atoms with Crippen LogP contribution in [0.2, 0.25) is 0 Å². The van der Waals surface area contributed by atoms with Crippen molar-refractivity contribution in [1.82, 2.24) is 24.5 Å². The van der Waals surface area contributed by atoms with Crippen molar-refractivity contribution >= 4 is 21.8 Å². The molecule has 1 atom stereocenters. The summed E-state index contributed by atoms with van der Waals surface area (Å²) < 4.78 is 39.8. The molecule has 2 amide bonds. The van der Waals surface area contributed by atoms with Crippen LogP contribution in [0.1, 0.15) is 12.0 Å². The zero-order valence-corrected chi connectivity index (χ0v) is 18.8. The predicted octanol–water partition coefficient (Wildman–Crippen LogP) is -0.130. The van der Waals surface area contributed by atoms with Crippen LogP contribution in [0, 0.1) is 6.92 Å². The van der Waals surface area contributed by atoms with E-state index in [1.165, 1.54) is 23.5 Å². The third-order valence-corrected chi connectivity index (χ3v) is 6.88. The number of amides is 2. The number of carbonyl (C=O) groups is 2. The number of sulfonamides is 1. The summed E-state index contributed by atoms with van der Waals surface area (Å²) in [6, 6.07) is 4.58. The second-order valence-electron chi connectivity index (χ2n) is 7.19. The zero-order chi connectivity index (χ0) is 23.1. The molecule has 0 spiro atoms. The molecule has 1 saturated heterocycles. The highest BCUT2D eigenvalue weighted by molar-refractivity contribution is 7.89. The van der Waals surface area contributed by atoms with Gasteiger partial charge in [0.1, 0.15) is 12.0 Å². The van der Waals surface area contributed by atoms with E-state index in [1.807, 2.05) is 10.8 Å². The number of aromatic nitrogens is 2. The number of nitrogens with one attached hydrogen (secondary N) is 2. The van der Waals surface area contributed by atoms with E-state index in [4.69, 9.17) is 9.47 Å². The van der Waals surface area contributed by atoms with E-state index < -0.39 is 28.1 Å². The maximum atomic E-state index is 13.1. The van der Waals surface area contributed by atoms with Crippen molar-refractivity contribution in [2.75, 3.05) is 33.4 Å². The number of ether oxygens (including phenoxy) is 2. The maximum Gasteiger partial charge on any atom is 0.309 e. The summed E-state index contributed by atoms with van der Waals surface area (Å²) in [5.74, 6) is -1.05. The number of carbonyl (C=O) groups excluding carboxylic acids is 2. The molecule has 2 aromatic rings. The fourth-order valence-corrected chi connectivity index (χ4v) is 4.91. The van der Waals surface area contributed by atoms with Crippen LogP contribution in [0.15, 0.2) is 41.8 Å².